The topological polar surface area (TPSA) is 43.4 Å². The van der Waals surface area contributed by atoms with Crippen LogP contribution in [0.25, 0.3) is 0 Å². The summed E-state index contributed by atoms with van der Waals surface area (Å²) in [5.41, 5.74) is 0. The van der Waals surface area contributed by atoms with Crippen LogP contribution < -0.4 is 0 Å². The van der Waals surface area contributed by atoms with Gasteiger partial charge in [0.15, 0.2) is 9.84 Å². The van der Waals surface area contributed by atoms with Gasteiger partial charge < -0.3 is 4.74 Å². The summed E-state index contributed by atoms with van der Waals surface area (Å²) in [6.07, 6.45) is 0.318. The van der Waals surface area contributed by atoms with Crippen molar-refractivity contribution in [2.24, 2.45) is 0 Å². The molecule has 0 spiro atoms. The van der Waals surface area contributed by atoms with E-state index in [9.17, 15) is 17.2 Å². The van der Waals surface area contributed by atoms with Crippen molar-refractivity contribution in [3.8, 4) is 0 Å². The van der Waals surface area contributed by atoms with Gasteiger partial charge in [0, 0.05) is 6.61 Å². The van der Waals surface area contributed by atoms with Crippen LogP contribution in [0.2, 0.25) is 0 Å². The van der Waals surface area contributed by atoms with E-state index in [-0.39, 0.29) is 6.61 Å². The van der Waals surface area contributed by atoms with Gasteiger partial charge in [-0.15, -0.1) is 0 Å². The Hall–Kier alpha value is -1.01. The zero-order valence-corrected chi connectivity index (χ0v) is 9.14. The fourth-order valence-electron chi connectivity index (χ4n) is 1.63. The van der Waals surface area contributed by atoms with Gasteiger partial charge in [-0.3, -0.25) is 0 Å². The van der Waals surface area contributed by atoms with Gasteiger partial charge in [-0.25, -0.2) is 17.2 Å². The van der Waals surface area contributed by atoms with Crippen LogP contribution in [0.5, 0.6) is 0 Å². The van der Waals surface area contributed by atoms with Crippen molar-refractivity contribution in [3.63, 3.8) is 0 Å². The predicted molar refractivity (Wildman–Crippen MR) is 52.8 cm³/mol. The molecule has 16 heavy (non-hydrogen) atoms. The lowest BCUT2D eigenvalue weighted by Gasteiger charge is -2.10. The van der Waals surface area contributed by atoms with Gasteiger partial charge in [0.05, 0.1) is 11.9 Å². The first-order valence-electron chi connectivity index (χ1n) is 4.78. The Morgan fingerprint density at radius 3 is 2.69 bits per heavy atom. The molecule has 0 saturated carbocycles. The highest BCUT2D eigenvalue weighted by molar-refractivity contribution is 7.92. The summed E-state index contributed by atoms with van der Waals surface area (Å²) in [5, 5.41) is -0.774. The third-order valence-electron chi connectivity index (χ3n) is 2.53. The van der Waals surface area contributed by atoms with E-state index < -0.39 is 31.6 Å². The smallest absolute Gasteiger partial charge is 0.186 e. The summed E-state index contributed by atoms with van der Waals surface area (Å²) < 4.78 is 55.0. The van der Waals surface area contributed by atoms with Crippen LogP contribution in [-0.4, -0.2) is 26.9 Å². The van der Waals surface area contributed by atoms with E-state index >= 15 is 0 Å². The van der Waals surface area contributed by atoms with E-state index in [1.54, 1.807) is 0 Å². The van der Waals surface area contributed by atoms with Crippen LogP contribution in [0.3, 0.4) is 0 Å². The van der Waals surface area contributed by atoms with Gasteiger partial charge in [0.1, 0.15) is 16.5 Å². The molecule has 1 heterocycles. The molecular weight excluding hydrogens is 238 g/mol. The first-order valence-corrected chi connectivity index (χ1v) is 6.33. The average molecular weight is 248 g/mol. The highest BCUT2D eigenvalue weighted by Gasteiger charge is 2.33. The number of hydrogen-bond donors (Lipinski definition) is 0. The summed E-state index contributed by atoms with van der Waals surface area (Å²) >= 11 is 0. The summed E-state index contributed by atoms with van der Waals surface area (Å²) in [4.78, 5) is -0.581. The van der Waals surface area contributed by atoms with Crippen molar-refractivity contribution in [1.82, 2.24) is 0 Å². The van der Waals surface area contributed by atoms with Crippen LogP contribution in [0.1, 0.15) is 6.42 Å². The molecule has 1 aromatic rings. The molecule has 88 valence electrons. The van der Waals surface area contributed by atoms with Gasteiger partial charge in [-0.1, -0.05) is 0 Å². The molecule has 0 radical (unpaired) electrons. The third-order valence-corrected chi connectivity index (χ3v) is 4.70. The second kappa shape index (κ2) is 4.10. The van der Waals surface area contributed by atoms with E-state index in [1.807, 2.05) is 0 Å². The highest BCUT2D eigenvalue weighted by atomic mass is 32.2. The zero-order valence-electron chi connectivity index (χ0n) is 8.32. The molecule has 0 bridgehead atoms. The molecule has 0 aromatic heterocycles. The van der Waals surface area contributed by atoms with Crippen molar-refractivity contribution in [1.29, 1.82) is 0 Å². The quantitative estimate of drug-likeness (QED) is 0.797. The molecule has 0 amide bonds. The maximum Gasteiger partial charge on any atom is 0.186 e. The fourth-order valence-corrected chi connectivity index (χ4v) is 3.29. The molecule has 0 unspecified atom stereocenters. The Morgan fingerprint density at radius 2 is 2.06 bits per heavy atom. The predicted octanol–water partition coefficient (Wildman–Crippen LogP) is 1.53. The van der Waals surface area contributed by atoms with Crippen LogP contribution in [0, 0.1) is 11.6 Å². The average Bonchev–Trinajstić information content (AvgIpc) is 2.75. The summed E-state index contributed by atoms with van der Waals surface area (Å²) in [6.45, 7) is 0.374. The Kier molecular flexibility index (Phi) is 2.94. The number of benzene rings is 1. The third kappa shape index (κ3) is 1.94. The van der Waals surface area contributed by atoms with Crippen molar-refractivity contribution in [2.75, 3.05) is 13.2 Å². The molecule has 1 atom stereocenters. The Labute approximate surface area is 92.0 Å². The van der Waals surface area contributed by atoms with Crippen molar-refractivity contribution < 1.29 is 21.9 Å². The van der Waals surface area contributed by atoms with Crippen LogP contribution in [0.15, 0.2) is 23.1 Å². The summed E-state index contributed by atoms with van der Waals surface area (Å²) in [5.74, 6) is -1.69. The Balaban J connectivity index is 2.46. The first-order chi connectivity index (χ1) is 7.51. The second-order valence-electron chi connectivity index (χ2n) is 3.61. The lowest BCUT2D eigenvalue weighted by Crippen LogP contribution is -2.22. The Morgan fingerprint density at radius 1 is 1.31 bits per heavy atom. The van der Waals surface area contributed by atoms with Crippen molar-refractivity contribution in [2.45, 2.75) is 16.6 Å². The van der Waals surface area contributed by atoms with Crippen molar-refractivity contribution in [3.05, 3.63) is 29.8 Å². The molecule has 1 aliphatic rings. The SMILES string of the molecule is O=S(=O)(c1cc(F)ccc1F)[C@@H]1CCOC1. The number of hydrogen-bond acceptors (Lipinski definition) is 3. The fraction of sp³-hybridized carbons (Fsp3) is 0.400. The number of ether oxygens (including phenoxy) is 1. The number of halogens is 2. The monoisotopic (exact) mass is 248 g/mol. The lowest BCUT2D eigenvalue weighted by atomic mass is 10.3. The second-order valence-corrected chi connectivity index (χ2v) is 5.80. The van der Waals surface area contributed by atoms with E-state index in [0.717, 1.165) is 12.1 Å². The Bertz CT molecular complexity index is 493. The number of sulfone groups is 1. The summed E-state index contributed by atoms with van der Waals surface area (Å²) in [6, 6.07) is 2.42. The largest absolute Gasteiger partial charge is 0.380 e. The standard InChI is InChI=1S/C10H10F2O3S/c11-7-1-2-9(12)10(5-7)16(13,14)8-3-4-15-6-8/h1-2,5,8H,3-4,6H2/t8-/m1/s1. The maximum atomic E-state index is 13.3. The lowest BCUT2D eigenvalue weighted by molar-refractivity contribution is 0.198. The molecule has 6 heteroatoms. The maximum absolute atomic E-state index is 13.3. The molecule has 1 saturated heterocycles. The highest BCUT2D eigenvalue weighted by Crippen LogP contribution is 2.25. The van der Waals surface area contributed by atoms with E-state index in [2.05, 4.69) is 0 Å². The molecule has 0 N–H and O–H groups in total. The first kappa shape index (κ1) is 11.5. The van der Waals surface area contributed by atoms with E-state index in [4.69, 9.17) is 4.74 Å². The molecular formula is C10H10F2O3S. The van der Waals surface area contributed by atoms with Gasteiger partial charge in [-0.2, -0.15) is 0 Å². The van der Waals surface area contributed by atoms with Crippen LogP contribution in [-0.2, 0) is 14.6 Å². The molecule has 1 fully saturated rings. The van der Waals surface area contributed by atoms with Crippen molar-refractivity contribution >= 4 is 9.84 Å². The van der Waals surface area contributed by atoms with Gasteiger partial charge in [0.25, 0.3) is 0 Å². The minimum absolute atomic E-state index is 0.0400. The minimum atomic E-state index is -3.83. The molecule has 3 nitrogen and oxygen atoms in total. The van der Waals surface area contributed by atoms with E-state index in [0.29, 0.717) is 19.1 Å². The van der Waals surface area contributed by atoms with Crippen LogP contribution >= 0.6 is 0 Å². The molecule has 1 aliphatic heterocycles. The molecule has 1 aromatic carbocycles. The molecule has 2 rings (SSSR count). The van der Waals surface area contributed by atoms with Crippen LogP contribution in [0.4, 0.5) is 8.78 Å². The minimum Gasteiger partial charge on any atom is -0.380 e. The molecule has 0 aliphatic carbocycles. The van der Waals surface area contributed by atoms with Gasteiger partial charge in [0.2, 0.25) is 0 Å². The van der Waals surface area contributed by atoms with Gasteiger partial charge in [-0.05, 0) is 24.6 Å². The van der Waals surface area contributed by atoms with E-state index in [1.165, 1.54) is 0 Å². The summed E-state index contributed by atoms with van der Waals surface area (Å²) in [7, 11) is -3.83. The van der Waals surface area contributed by atoms with Gasteiger partial charge >= 0.3 is 0 Å². The number of rotatable bonds is 2. The zero-order chi connectivity index (χ0) is 11.8. The normalized spacial score (nSPS) is 21.2.